The Morgan fingerprint density at radius 1 is 1.22 bits per heavy atom. The fourth-order valence-corrected chi connectivity index (χ4v) is 3.20. The molecule has 2 aromatic heterocycles. The number of aryl methyl sites for hydroxylation is 1. The highest BCUT2D eigenvalue weighted by atomic mass is 32.1. The Labute approximate surface area is 136 Å². The number of hydrogen-bond acceptors (Lipinski definition) is 5. The summed E-state index contributed by atoms with van der Waals surface area (Å²) in [5.74, 6) is -0.379. The molecule has 0 radical (unpaired) electrons. The second-order valence-corrected chi connectivity index (χ2v) is 6.07. The molecule has 0 aliphatic rings. The van der Waals surface area contributed by atoms with Crippen LogP contribution in [0, 0.1) is 6.92 Å². The van der Waals surface area contributed by atoms with Crippen molar-refractivity contribution in [2.75, 3.05) is 10.6 Å². The molecule has 0 unspecified atom stereocenters. The lowest BCUT2D eigenvalue weighted by molar-refractivity contribution is -0.114. The summed E-state index contributed by atoms with van der Waals surface area (Å²) in [7, 11) is 0. The Kier molecular flexibility index (Phi) is 4.03. The van der Waals surface area contributed by atoms with E-state index in [0.29, 0.717) is 16.4 Å². The first kappa shape index (κ1) is 15.1. The summed E-state index contributed by atoms with van der Waals surface area (Å²) in [6, 6.07) is 7.12. The van der Waals surface area contributed by atoms with Crippen molar-refractivity contribution >= 4 is 44.2 Å². The molecule has 0 spiro atoms. The van der Waals surface area contributed by atoms with E-state index < -0.39 is 0 Å². The lowest BCUT2D eigenvalue weighted by Crippen LogP contribution is -2.12. The molecular weight excluding hydrogens is 312 g/mol. The number of hydrogen-bond donors (Lipinski definition) is 2. The van der Waals surface area contributed by atoms with Crippen molar-refractivity contribution in [2.24, 2.45) is 0 Å². The van der Waals surface area contributed by atoms with Crippen LogP contribution in [0.25, 0.3) is 10.2 Å². The van der Waals surface area contributed by atoms with E-state index in [1.807, 2.05) is 19.1 Å². The van der Waals surface area contributed by atoms with Gasteiger partial charge in [-0.1, -0.05) is 11.3 Å². The molecule has 3 aromatic rings. The Balaban J connectivity index is 1.90. The number of thiazole rings is 1. The fraction of sp³-hybridized carbons (Fsp3) is 0.125. The number of pyridine rings is 1. The van der Waals surface area contributed by atoms with Gasteiger partial charge in [-0.3, -0.25) is 14.6 Å². The Bertz CT molecular complexity index is 890. The van der Waals surface area contributed by atoms with Crippen molar-refractivity contribution in [3.63, 3.8) is 0 Å². The first-order valence-corrected chi connectivity index (χ1v) is 7.75. The van der Waals surface area contributed by atoms with Crippen molar-refractivity contribution < 1.29 is 9.59 Å². The van der Waals surface area contributed by atoms with Gasteiger partial charge >= 0.3 is 0 Å². The van der Waals surface area contributed by atoms with Gasteiger partial charge < -0.3 is 10.6 Å². The molecule has 2 amide bonds. The summed E-state index contributed by atoms with van der Waals surface area (Å²) in [4.78, 5) is 31.7. The third kappa shape index (κ3) is 3.35. The molecule has 0 saturated heterocycles. The molecule has 0 saturated carbocycles. The minimum Gasteiger partial charge on any atom is -0.322 e. The minimum absolute atomic E-state index is 0.160. The van der Waals surface area contributed by atoms with Crippen molar-refractivity contribution in [1.29, 1.82) is 0 Å². The molecule has 0 atom stereocenters. The van der Waals surface area contributed by atoms with E-state index in [0.717, 1.165) is 15.8 Å². The van der Waals surface area contributed by atoms with Gasteiger partial charge in [-0.15, -0.1) is 0 Å². The largest absolute Gasteiger partial charge is 0.322 e. The number of nitrogens with one attached hydrogen (secondary N) is 2. The predicted octanol–water partition coefficient (Wildman–Crippen LogP) is 3.21. The standard InChI is InChI=1S/C16H14N4O2S/c1-9-6-12(19-15(22)11-4-3-5-17-8-11)7-13-14(9)20-16(23-13)18-10(2)21/h3-8H,1-2H3,(H,19,22)(H,18,20,21). The number of anilines is 2. The van der Waals surface area contributed by atoms with Crippen molar-refractivity contribution in [3.8, 4) is 0 Å². The van der Waals surface area contributed by atoms with E-state index >= 15 is 0 Å². The van der Waals surface area contributed by atoms with Crippen LogP contribution in [0.1, 0.15) is 22.8 Å². The zero-order valence-electron chi connectivity index (χ0n) is 12.6. The topological polar surface area (TPSA) is 84.0 Å². The number of benzene rings is 1. The number of rotatable bonds is 3. The SMILES string of the molecule is CC(=O)Nc1nc2c(C)cc(NC(=O)c3cccnc3)cc2s1. The predicted molar refractivity (Wildman–Crippen MR) is 90.9 cm³/mol. The molecule has 2 heterocycles. The Morgan fingerprint density at radius 3 is 2.74 bits per heavy atom. The summed E-state index contributed by atoms with van der Waals surface area (Å²) in [6.45, 7) is 3.36. The van der Waals surface area contributed by atoms with Crippen molar-refractivity contribution in [1.82, 2.24) is 9.97 Å². The molecule has 3 rings (SSSR count). The maximum absolute atomic E-state index is 12.2. The molecule has 1 aromatic carbocycles. The number of carbonyl (C=O) groups is 2. The number of fused-ring (bicyclic) bond motifs is 1. The lowest BCUT2D eigenvalue weighted by Gasteiger charge is -2.06. The highest BCUT2D eigenvalue weighted by Crippen LogP contribution is 2.31. The summed E-state index contributed by atoms with van der Waals surface area (Å²) in [5, 5.41) is 6.08. The molecule has 0 bridgehead atoms. The molecule has 23 heavy (non-hydrogen) atoms. The van der Waals surface area contributed by atoms with Gasteiger partial charge in [-0.25, -0.2) is 4.98 Å². The smallest absolute Gasteiger partial charge is 0.257 e. The zero-order valence-corrected chi connectivity index (χ0v) is 13.4. The van der Waals surface area contributed by atoms with Gasteiger partial charge in [0, 0.05) is 25.0 Å². The van der Waals surface area contributed by atoms with Crippen LogP contribution in [0.2, 0.25) is 0 Å². The average Bonchev–Trinajstić information content (AvgIpc) is 2.90. The number of aromatic nitrogens is 2. The molecule has 7 heteroatoms. The highest BCUT2D eigenvalue weighted by Gasteiger charge is 2.11. The van der Waals surface area contributed by atoms with Crippen LogP contribution in [0.5, 0.6) is 0 Å². The first-order valence-electron chi connectivity index (χ1n) is 6.93. The second-order valence-electron chi connectivity index (χ2n) is 5.04. The van der Waals surface area contributed by atoms with Gasteiger partial charge in [-0.2, -0.15) is 0 Å². The van der Waals surface area contributed by atoms with E-state index in [-0.39, 0.29) is 11.8 Å². The quantitative estimate of drug-likeness (QED) is 0.774. The highest BCUT2D eigenvalue weighted by molar-refractivity contribution is 7.22. The number of amides is 2. The second kappa shape index (κ2) is 6.13. The van der Waals surface area contributed by atoms with E-state index in [1.165, 1.54) is 24.5 Å². The van der Waals surface area contributed by atoms with Gasteiger partial charge in [0.05, 0.1) is 15.8 Å². The summed E-state index contributed by atoms with van der Waals surface area (Å²) < 4.78 is 0.898. The summed E-state index contributed by atoms with van der Waals surface area (Å²) >= 11 is 1.37. The van der Waals surface area contributed by atoms with Gasteiger partial charge in [0.25, 0.3) is 5.91 Å². The van der Waals surface area contributed by atoms with Gasteiger partial charge in [-0.05, 0) is 36.8 Å². The minimum atomic E-state index is -0.219. The van der Waals surface area contributed by atoms with E-state index in [1.54, 1.807) is 18.3 Å². The maximum atomic E-state index is 12.2. The van der Waals surface area contributed by atoms with Crippen molar-refractivity contribution in [3.05, 3.63) is 47.8 Å². The lowest BCUT2D eigenvalue weighted by atomic mass is 10.2. The third-order valence-corrected chi connectivity index (χ3v) is 4.07. The third-order valence-electron chi connectivity index (χ3n) is 3.15. The number of carbonyl (C=O) groups excluding carboxylic acids is 2. The average molecular weight is 326 g/mol. The van der Waals surface area contributed by atoms with Gasteiger partial charge in [0.15, 0.2) is 5.13 Å². The van der Waals surface area contributed by atoms with E-state index in [2.05, 4.69) is 20.6 Å². The Morgan fingerprint density at radius 2 is 2.04 bits per heavy atom. The van der Waals surface area contributed by atoms with Crippen molar-refractivity contribution in [2.45, 2.75) is 13.8 Å². The van der Waals surface area contributed by atoms with Crippen LogP contribution in [-0.4, -0.2) is 21.8 Å². The molecule has 0 aliphatic heterocycles. The summed E-state index contributed by atoms with van der Waals surface area (Å²) in [5.41, 5.74) is 2.92. The molecule has 0 fully saturated rings. The van der Waals surface area contributed by atoms with Crippen LogP contribution in [-0.2, 0) is 4.79 Å². The van der Waals surface area contributed by atoms with Crippen LogP contribution >= 0.6 is 11.3 Å². The zero-order chi connectivity index (χ0) is 16.4. The molecule has 0 aliphatic carbocycles. The molecule has 2 N–H and O–H groups in total. The van der Waals surface area contributed by atoms with Crippen LogP contribution in [0.4, 0.5) is 10.8 Å². The van der Waals surface area contributed by atoms with E-state index in [4.69, 9.17) is 0 Å². The first-order chi connectivity index (χ1) is 11.0. The molecular formula is C16H14N4O2S. The number of nitrogens with zero attached hydrogens (tertiary/aromatic N) is 2. The van der Waals surface area contributed by atoms with E-state index in [9.17, 15) is 9.59 Å². The van der Waals surface area contributed by atoms with Crippen LogP contribution in [0.3, 0.4) is 0 Å². The van der Waals surface area contributed by atoms with Gasteiger partial charge in [0.1, 0.15) is 0 Å². The van der Waals surface area contributed by atoms with Gasteiger partial charge in [0.2, 0.25) is 5.91 Å². The van der Waals surface area contributed by atoms with Crippen LogP contribution < -0.4 is 10.6 Å². The normalized spacial score (nSPS) is 10.5. The van der Waals surface area contributed by atoms with Crippen LogP contribution in [0.15, 0.2) is 36.7 Å². The molecule has 6 nitrogen and oxygen atoms in total. The monoisotopic (exact) mass is 326 g/mol. The summed E-state index contributed by atoms with van der Waals surface area (Å²) in [6.07, 6.45) is 3.14. The molecule has 116 valence electrons. The Hall–Kier alpha value is -2.80. The maximum Gasteiger partial charge on any atom is 0.257 e. The fourth-order valence-electron chi connectivity index (χ4n) is 2.17.